The summed E-state index contributed by atoms with van der Waals surface area (Å²) in [5.74, 6) is -1.74. The summed E-state index contributed by atoms with van der Waals surface area (Å²) >= 11 is 0. The SMILES string of the molecule is CCCCN(CC(O)C(Cc1ccc(O)cc1)NC(=O)c1cc(C(N)=O)cc(C(=O)N(CCC)CCC)c1)NS(=O)(=O)C(C)C. The molecule has 0 spiro atoms. The monoisotopic (exact) mass is 647 g/mol. The van der Waals surface area contributed by atoms with Crippen molar-refractivity contribution in [3.8, 4) is 5.75 Å². The van der Waals surface area contributed by atoms with Gasteiger partial charge in [-0.25, -0.2) is 13.4 Å². The van der Waals surface area contributed by atoms with Gasteiger partial charge in [0.15, 0.2) is 0 Å². The Bertz CT molecular complexity index is 1380. The van der Waals surface area contributed by atoms with Gasteiger partial charge in [-0.1, -0.05) is 39.3 Å². The van der Waals surface area contributed by atoms with E-state index in [-0.39, 0.29) is 41.3 Å². The summed E-state index contributed by atoms with van der Waals surface area (Å²) in [6.45, 7) is 10.2. The fourth-order valence-corrected chi connectivity index (χ4v) is 5.38. The van der Waals surface area contributed by atoms with Crippen LogP contribution in [-0.4, -0.2) is 89.8 Å². The number of rotatable bonds is 19. The molecule has 2 rings (SSSR count). The maximum atomic E-state index is 13.7. The molecule has 3 amide bonds. The number of sulfonamides is 1. The molecule has 0 aliphatic rings. The van der Waals surface area contributed by atoms with Crippen LogP contribution < -0.4 is 15.9 Å². The third-order valence-electron chi connectivity index (χ3n) is 7.24. The van der Waals surface area contributed by atoms with Gasteiger partial charge < -0.3 is 26.2 Å². The molecule has 2 aromatic carbocycles. The Balaban J connectivity index is 2.46. The van der Waals surface area contributed by atoms with Crippen molar-refractivity contribution < 1.29 is 33.0 Å². The van der Waals surface area contributed by atoms with Crippen molar-refractivity contribution in [2.24, 2.45) is 5.73 Å². The normalized spacial score (nSPS) is 13.1. The lowest BCUT2D eigenvalue weighted by atomic mass is 9.99. The molecule has 0 aromatic heterocycles. The van der Waals surface area contributed by atoms with Crippen LogP contribution >= 0.6 is 0 Å². The highest BCUT2D eigenvalue weighted by Crippen LogP contribution is 2.17. The number of hydrogen-bond acceptors (Lipinski definition) is 8. The number of phenols is 1. The summed E-state index contributed by atoms with van der Waals surface area (Å²) in [6.07, 6.45) is 1.79. The average molecular weight is 648 g/mol. The van der Waals surface area contributed by atoms with E-state index in [1.54, 1.807) is 30.9 Å². The fraction of sp³-hybridized carbons (Fsp3) is 0.531. The summed E-state index contributed by atoms with van der Waals surface area (Å²) in [6, 6.07) is 9.41. The predicted molar refractivity (Wildman–Crippen MR) is 174 cm³/mol. The summed E-state index contributed by atoms with van der Waals surface area (Å²) in [7, 11) is -3.70. The summed E-state index contributed by atoms with van der Waals surface area (Å²) in [5, 5.41) is 24.7. The molecule has 13 heteroatoms. The van der Waals surface area contributed by atoms with Crippen LogP contribution in [-0.2, 0) is 16.4 Å². The molecule has 0 aliphatic heterocycles. The van der Waals surface area contributed by atoms with Crippen molar-refractivity contribution in [1.82, 2.24) is 20.1 Å². The van der Waals surface area contributed by atoms with Gasteiger partial charge in [0.25, 0.3) is 11.8 Å². The lowest BCUT2D eigenvalue weighted by Crippen LogP contribution is -2.54. The highest BCUT2D eigenvalue weighted by atomic mass is 32.2. The van der Waals surface area contributed by atoms with Crippen molar-refractivity contribution >= 4 is 27.7 Å². The Morgan fingerprint density at radius 3 is 2.00 bits per heavy atom. The van der Waals surface area contributed by atoms with E-state index in [1.165, 1.54) is 35.3 Å². The molecular formula is C32H49N5O7S. The molecule has 12 nitrogen and oxygen atoms in total. The number of carbonyl (C=O) groups excluding carboxylic acids is 3. The van der Waals surface area contributed by atoms with Crippen LogP contribution in [0.25, 0.3) is 0 Å². The summed E-state index contributed by atoms with van der Waals surface area (Å²) < 4.78 is 25.3. The third kappa shape index (κ3) is 11.7. The lowest BCUT2D eigenvalue weighted by molar-refractivity contribution is 0.0613. The molecule has 45 heavy (non-hydrogen) atoms. The molecule has 2 unspecified atom stereocenters. The van der Waals surface area contributed by atoms with E-state index in [4.69, 9.17) is 5.73 Å². The van der Waals surface area contributed by atoms with Crippen molar-refractivity contribution in [3.63, 3.8) is 0 Å². The number of hydrazine groups is 1. The Morgan fingerprint density at radius 1 is 0.889 bits per heavy atom. The molecular weight excluding hydrogens is 598 g/mol. The Hall–Kier alpha value is -3.52. The first-order valence-corrected chi connectivity index (χ1v) is 17.0. The smallest absolute Gasteiger partial charge is 0.253 e. The number of aliphatic hydroxyl groups is 1. The van der Waals surface area contributed by atoms with Gasteiger partial charge in [0.1, 0.15) is 5.75 Å². The quantitative estimate of drug-likeness (QED) is 0.144. The first kappa shape index (κ1) is 37.7. The van der Waals surface area contributed by atoms with Gasteiger partial charge in [-0.2, -0.15) is 0 Å². The Kier molecular flexibility index (Phi) is 14.9. The van der Waals surface area contributed by atoms with E-state index in [0.717, 1.165) is 19.3 Å². The number of unbranched alkanes of at least 4 members (excludes halogenated alkanes) is 1. The lowest BCUT2D eigenvalue weighted by Gasteiger charge is -2.31. The van der Waals surface area contributed by atoms with Crippen LogP contribution in [0.3, 0.4) is 0 Å². The minimum atomic E-state index is -3.70. The van der Waals surface area contributed by atoms with Gasteiger partial charge in [0, 0.05) is 42.9 Å². The van der Waals surface area contributed by atoms with Crippen LogP contribution in [0, 0.1) is 0 Å². The Morgan fingerprint density at radius 2 is 1.47 bits per heavy atom. The number of aromatic hydroxyl groups is 1. The molecule has 0 bridgehead atoms. The molecule has 2 atom stereocenters. The fourth-order valence-electron chi connectivity index (χ4n) is 4.64. The maximum absolute atomic E-state index is 13.7. The molecule has 0 aliphatic carbocycles. The molecule has 0 saturated carbocycles. The standard InChI is InChI=1S/C32H49N5O7S/c1-6-9-16-37(35-45(43,44)22(4)5)21-29(39)28(17-23-10-12-27(38)13-11-23)34-31(41)25-18-24(30(33)40)19-26(20-25)32(42)36(14-7-2)15-8-3/h10-13,18-20,22,28-29,35,38-39H,6-9,14-17,21H2,1-5H3,(H2,33,40)(H,34,41). The highest BCUT2D eigenvalue weighted by Gasteiger charge is 2.28. The molecule has 2 aromatic rings. The largest absolute Gasteiger partial charge is 0.508 e. The van der Waals surface area contributed by atoms with Crippen LogP contribution in [0.1, 0.15) is 96.9 Å². The average Bonchev–Trinajstić information content (AvgIpc) is 2.99. The molecule has 0 saturated heterocycles. The molecule has 0 fully saturated rings. The molecule has 250 valence electrons. The van der Waals surface area contributed by atoms with Gasteiger partial charge in [0.05, 0.1) is 17.4 Å². The number of aliphatic hydroxyl groups excluding tert-OH is 1. The number of nitrogens with two attached hydrogens (primary N) is 1. The minimum Gasteiger partial charge on any atom is -0.508 e. The number of benzene rings is 2. The van der Waals surface area contributed by atoms with E-state index < -0.39 is 39.2 Å². The number of nitrogens with zero attached hydrogens (tertiary/aromatic N) is 2. The zero-order valence-corrected chi connectivity index (χ0v) is 27.8. The first-order valence-electron chi connectivity index (χ1n) is 15.5. The minimum absolute atomic E-state index is 0.00820. The second kappa shape index (κ2) is 17.8. The first-order chi connectivity index (χ1) is 21.2. The number of primary amides is 1. The predicted octanol–water partition coefficient (Wildman–Crippen LogP) is 2.80. The highest BCUT2D eigenvalue weighted by molar-refractivity contribution is 7.90. The van der Waals surface area contributed by atoms with E-state index in [1.807, 2.05) is 20.8 Å². The van der Waals surface area contributed by atoms with Gasteiger partial charge in [0.2, 0.25) is 15.9 Å². The van der Waals surface area contributed by atoms with Gasteiger partial charge >= 0.3 is 0 Å². The van der Waals surface area contributed by atoms with Gasteiger partial charge in [-0.15, -0.1) is 4.83 Å². The van der Waals surface area contributed by atoms with Crippen LogP contribution in [0.5, 0.6) is 5.75 Å². The Labute approximate surface area is 267 Å². The third-order valence-corrected chi connectivity index (χ3v) is 8.99. The van der Waals surface area contributed by atoms with Crippen LogP contribution in [0.2, 0.25) is 0 Å². The molecule has 0 heterocycles. The van der Waals surface area contributed by atoms with Crippen molar-refractivity contribution in [1.29, 1.82) is 0 Å². The number of carbonyl (C=O) groups is 3. The van der Waals surface area contributed by atoms with E-state index >= 15 is 0 Å². The van der Waals surface area contributed by atoms with E-state index in [9.17, 15) is 33.0 Å². The maximum Gasteiger partial charge on any atom is 0.253 e. The van der Waals surface area contributed by atoms with Gasteiger partial charge in [-0.05, 0) is 75.4 Å². The number of phenolic OH excluding ortho intramolecular Hbond substituents is 1. The number of nitrogens with one attached hydrogen (secondary N) is 2. The molecule has 0 radical (unpaired) electrons. The zero-order valence-electron chi connectivity index (χ0n) is 27.0. The van der Waals surface area contributed by atoms with Crippen LogP contribution in [0.4, 0.5) is 0 Å². The van der Waals surface area contributed by atoms with Crippen molar-refractivity contribution in [2.45, 2.75) is 84.1 Å². The second-order valence-electron chi connectivity index (χ2n) is 11.5. The van der Waals surface area contributed by atoms with Crippen molar-refractivity contribution in [3.05, 3.63) is 64.7 Å². The van der Waals surface area contributed by atoms with Crippen molar-refractivity contribution in [2.75, 3.05) is 26.2 Å². The van der Waals surface area contributed by atoms with E-state index in [2.05, 4.69) is 10.1 Å². The van der Waals surface area contributed by atoms with Gasteiger partial charge in [-0.3, -0.25) is 14.4 Å². The molecule has 6 N–H and O–H groups in total. The number of amides is 3. The summed E-state index contributed by atoms with van der Waals surface area (Å²) in [5.41, 5.74) is 6.39. The summed E-state index contributed by atoms with van der Waals surface area (Å²) in [4.78, 5) is 43.4. The van der Waals surface area contributed by atoms with E-state index in [0.29, 0.717) is 31.6 Å². The van der Waals surface area contributed by atoms with Crippen LogP contribution in [0.15, 0.2) is 42.5 Å². The zero-order chi connectivity index (χ0) is 33.7. The second-order valence-corrected chi connectivity index (χ2v) is 13.7. The number of hydrogen-bond donors (Lipinski definition) is 5. The topological polar surface area (TPSA) is 182 Å².